The zero-order chi connectivity index (χ0) is 23.7. The molecule has 1 amide bonds. The molecule has 172 valence electrons. The van der Waals surface area contributed by atoms with Gasteiger partial charge in [0.15, 0.2) is 17.2 Å². The average Bonchev–Trinajstić information content (AvgIpc) is 3.29. The van der Waals surface area contributed by atoms with E-state index in [1.54, 1.807) is 14.2 Å². The Hall–Kier alpha value is -4.06. The van der Waals surface area contributed by atoms with E-state index in [-0.39, 0.29) is 11.9 Å². The van der Waals surface area contributed by atoms with Gasteiger partial charge in [-0.25, -0.2) is 4.68 Å². The quantitative estimate of drug-likeness (QED) is 0.427. The maximum atomic E-state index is 13.9. The van der Waals surface area contributed by atoms with Crippen LogP contribution in [0.2, 0.25) is 0 Å². The molecule has 0 saturated heterocycles. The van der Waals surface area contributed by atoms with Crippen LogP contribution in [0.15, 0.2) is 78.9 Å². The summed E-state index contributed by atoms with van der Waals surface area (Å²) >= 11 is 0. The second-order valence-electron chi connectivity index (χ2n) is 8.39. The van der Waals surface area contributed by atoms with Crippen molar-refractivity contribution in [3.8, 4) is 17.2 Å². The number of nitrogens with zero attached hydrogens (tertiary/aromatic N) is 3. The van der Waals surface area contributed by atoms with Gasteiger partial charge < -0.3 is 14.4 Å². The van der Waals surface area contributed by atoms with Gasteiger partial charge >= 0.3 is 0 Å². The minimum atomic E-state index is -0.251. The Morgan fingerprint density at radius 1 is 0.912 bits per heavy atom. The average molecular weight is 454 g/mol. The van der Waals surface area contributed by atoms with Crippen molar-refractivity contribution in [2.75, 3.05) is 20.8 Å². The SMILES string of the molecule is COc1cc2c(cc1OC)C(c1ccccc1)N(C(=O)c1cc(C)n(-c3ccccc3)n1)CC2. The van der Waals surface area contributed by atoms with Gasteiger partial charge in [0.25, 0.3) is 5.91 Å². The van der Waals surface area contributed by atoms with Crippen molar-refractivity contribution < 1.29 is 14.3 Å². The Morgan fingerprint density at radius 3 is 2.24 bits per heavy atom. The molecule has 0 fully saturated rings. The summed E-state index contributed by atoms with van der Waals surface area (Å²) in [6.45, 7) is 2.55. The van der Waals surface area contributed by atoms with Crippen LogP contribution in [-0.2, 0) is 6.42 Å². The normalized spacial score (nSPS) is 15.0. The zero-order valence-corrected chi connectivity index (χ0v) is 19.6. The maximum Gasteiger partial charge on any atom is 0.275 e. The highest BCUT2D eigenvalue weighted by atomic mass is 16.5. The lowest BCUT2D eigenvalue weighted by atomic mass is 9.87. The molecule has 1 aliphatic rings. The molecule has 1 atom stereocenters. The number of amides is 1. The summed E-state index contributed by atoms with van der Waals surface area (Å²) in [4.78, 5) is 15.8. The maximum absolute atomic E-state index is 13.9. The first kappa shape index (κ1) is 21.8. The lowest BCUT2D eigenvalue weighted by molar-refractivity contribution is 0.0687. The zero-order valence-electron chi connectivity index (χ0n) is 19.6. The first-order valence-electron chi connectivity index (χ1n) is 11.3. The van der Waals surface area contributed by atoms with Gasteiger partial charge in [0.05, 0.1) is 25.9 Å². The van der Waals surface area contributed by atoms with Gasteiger partial charge in [-0.15, -0.1) is 0 Å². The highest BCUT2D eigenvalue weighted by Crippen LogP contribution is 2.41. The van der Waals surface area contributed by atoms with E-state index in [2.05, 4.69) is 17.2 Å². The molecule has 6 heteroatoms. The number of aryl methyl sites for hydroxylation is 1. The summed E-state index contributed by atoms with van der Waals surface area (Å²) in [6.07, 6.45) is 0.725. The fraction of sp³-hybridized carbons (Fsp3) is 0.214. The van der Waals surface area contributed by atoms with E-state index >= 15 is 0 Å². The summed E-state index contributed by atoms with van der Waals surface area (Å²) in [5.41, 5.74) is 5.52. The van der Waals surface area contributed by atoms with Gasteiger partial charge in [-0.1, -0.05) is 48.5 Å². The molecule has 0 N–H and O–H groups in total. The smallest absolute Gasteiger partial charge is 0.275 e. The molecule has 1 unspecified atom stereocenters. The Kier molecular flexibility index (Phi) is 5.80. The predicted octanol–water partition coefficient (Wildman–Crippen LogP) is 4.99. The third kappa shape index (κ3) is 3.81. The second-order valence-corrected chi connectivity index (χ2v) is 8.39. The molecular weight excluding hydrogens is 426 g/mol. The molecule has 1 aliphatic heterocycles. The lowest BCUT2D eigenvalue weighted by Crippen LogP contribution is -2.41. The van der Waals surface area contributed by atoms with Crippen LogP contribution in [0.3, 0.4) is 0 Å². The van der Waals surface area contributed by atoms with Crippen molar-refractivity contribution >= 4 is 5.91 Å². The van der Waals surface area contributed by atoms with E-state index in [4.69, 9.17) is 9.47 Å². The fourth-order valence-electron chi connectivity index (χ4n) is 4.72. The van der Waals surface area contributed by atoms with Gasteiger partial charge in [-0.05, 0) is 60.4 Å². The molecule has 0 bridgehead atoms. The summed E-state index contributed by atoms with van der Waals surface area (Å²) in [5, 5.41) is 4.68. The van der Waals surface area contributed by atoms with E-state index in [0.29, 0.717) is 23.7 Å². The van der Waals surface area contributed by atoms with Crippen molar-refractivity contribution in [1.82, 2.24) is 14.7 Å². The Labute approximate surface area is 199 Å². The van der Waals surface area contributed by atoms with Gasteiger partial charge in [-0.2, -0.15) is 5.10 Å². The number of fused-ring (bicyclic) bond motifs is 1. The van der Waals surface area contributed by atoms with Crippen LogP contribution < -0.4 is 9.47 Å². The van der Waals surface area contributed by atoms with Crippen LogP contribution in [0.4, 0.5) is 0 Å². The van der Waals surface area contributed by atoms with Crippen LogP contribution >= 0.6 is 0 Å². The number of hydrogen-bond acceptors (Lipinski definition) is 4. The highest BCUT2D eigenvalue weighted by Gasteiger charge is 2.34. The monoisotopic (exact) mass is 453 g/mol. The molecule has 6 nitrogen and oxygen atoms in total. The molecule has 0 aliphatic carbocycles. The summed E-state index contributed by atoms with van der Waals surface area (Å²) < 4.78 is 12.9. The van der Waals surface area contributed by atoms with E-state index in [0.717, 1.165) is 34.5 Å². The van der Waals surface area contributed by atoms with Gasteiger partial charge in [0.2, 0.25) is 0 Å². The number of para-hydroxylation sites is 1. The number of hydrogen-bond donors (Lipinski definition) is 0. The van der Waals surface area contributed by atoms with Crippen LogP contribution in [-0.4, -0.2) is 41.4 Å². The first-order chi connectivity index (χ1) is 16.6. The molecule has 4 aromatic rings. The van der Waals surface area contributed by atoms with Crippen molar-refractivity contribution in [1.29, 1.82) is 0 Å². The van der Waals surface area contributed by atoms with Crippen molar-refractivity contribution in [3.05, 3.63) is 107 Å². The second kappa shape index (κ2) is 9.06. The van der Waals surface area contributed by atoms with E-state index in [1.807, 2.05) is 83.2 Å². The largest absolute Gasteiger partial charge is 0.493 e. The molecule has 2 heterocycles. The van der Waals surface area contributed by atoms with Gasteiger partial charge in [0.1, 0.15) is 0 Å². The number of rotatable bonds is 5. The van der Waals surface area contributed by atoms with E-state index in [1.165, 1.54) is 0 Å². The topological polar surface area (TPSA) is 56.6 Å². The summed E-state index contributed by atoms with van der Waals surface area (Å²) in [5.74, 6) is 1.26. The predicted molar refractivity (Wildman–Crippen MR) is 131 cm³/mol. The first-order valence-corrected chi connectivity index (χ1v) is 11.3. The Morgan fingerprint density at radius 2 is 1.56 bits per heavy atom. The van der Waals surface area contributed by atoms with E-state index in [9.17, 15) is 4.79 Å². The van der Waals surface area contributed by atoms with Gasteiger partial charge in [0, 0.05) is 12.2 Å². The van der Waals surface area contributed by atoms with Crippen molar-refractivity contribution in [2.24, 2.45) is 0 Å². The van der Waals surface area contributed by atoms with Crippen molar-refractivity contribution in [3.63, 3.8) is 0 Å². The van der Waals surface area contributed by atoms with Crippen molar-refractivity contribution in [2.45, 2.75) is 19.4 Å². The number of carbonyl (C=O) groups excluding carboxylic acids is 1. The molecule has 0 radical (unpaired) electrons. The molecule has 34 heavy (non-hydrogen) atoms. The molecule has 0 saturated carbocycles. The highest BCUT2D eigenvalue weighted by molar-refractivity contribution is 5.93. The number of ether oxygens (including phenoxy) is 2. The lowest BCUT2D eigenvalue weighted by Gasteiger charge is -2.37. The molecule has 1 aromatic heterocycles. The summed E-state index contributed by atoms with van der Waals surface area (Å²) in [6, 6.07) is 25.6. The minimum Gasteiger partial charge on any atom is -0.493 e. The van der Waals surface area contributed by atoms with Crippen LogP contribution in [0.5, 0.6) is 11.5 Å². The number of methoxy groups -OCH3 is 2. The third-order valence-electron chi connectivity index (χ3n) is 6.36. The van der Waals surface area contributed by atoms with Crippen LogP contribution in [0, 0.1) is 6.92 Å². The molecule has 5 rings (SSSR count). The number of carbonyl (C=O) groups is 1. The standard InChI is InChI=1S/C28H27N3O3/c1-19-16-24(29-31(19)22-12-8-5-9-13-22)28(32)30-15-14-21-17-25(33-2)26(34-3)18-23(21)27(30)20-10-6-4-7-11-20/h4-13,16-18,27H,14-15H2,1-3H3. The minimum absolute atomic E-state index is 0.0907. The summed E-state index contributed by atoms with van der Waals surface area (Å²) in [7, 11) is 3.27. The van der Waals surface area contributed by atoms with Crippen LogP contribution in [0.1, 0.15) is 38.9 Å². The third-order valence-corrected chi connectivity index (χ3v) is 6.36. The van der Waals surface area contributed by atoms with Crippen LogP contribution in [0.25, 0.3) is 5.69 Å². The van der Waals surface area contributed by atoms with E-state index < -0.39 is 0 Å². The van der Waals surface area contributed by atoms with Gasteiger partial charge in [-0.3, -0.25) is 4.79 Å². The fourth-order valence-corrected chi connectivity index (χ4v) is 4.72. The molecule has 0 spiro atoms. The Bertz CT molecular complexity index is 1320. The number of aromatic nitrogens is 2. The Balaban J connectivity index is 1.58. The number of benzene rings is 3. The molecular formula is C28H27N3O3. The molecule has 3 aromatic carbocycles.